The molecule has 136 valence electrons. The predicted molar refractivity (Wildman–Crippen MR) is 102 cm³/mol. The van der Waals surface area contributed by atoms with E-state index in [1.54, 1.807) is 23.1 Å². The number of para-hydroxylation sites is 1. The summed E-state index contributed by atoms with van der Waals surface area (Å²) in [6.45, 7) is 4.40. The fraction of sp³-hybridized carbons (Fsp3) is 0.350. The molecule has 1 atom stereocenters. The number of amides is 1. The van der Waals surface area contributed by atoms with E-state index in [1.165, 1.54) is 4.31 Å². The van der Waals surface area contributed by atoms with Gasteiger partial charge in [-0.2, -0.15) is 0 Å². The van der Waals surface area contributed by atoms with Crippen molar-refractivity contribution in [3.63, 3.8) is 0 Å². The molecule has 2 aromatic rings. The van der Waals surface area contributed by atoms with Crippen LogP contribution in [0.1, 0.15) is 31.4 Å². The molecule has 6 heteroatoms. The molecule has 0 spiro atoms. The van der Waals surface area contributed by atoms with E-state index in [0.717, 1.165) is 28.9 Å². The molecule has 0 aliphatic carbocycles. The summed E-state index contributed by atoms with van der Waals surface area (Å²) in [6, 6.07) is 12.7. The van der Waals surface area contributed by atoms with Gasteiger partial charge in [0.25, 0.3) is 10.0 Å². The van der Waals surface area contributed by atoms with Crippen LogP contribution in [0.3, 0.4) is 0 Å². The Labute approximate surface area is 154 Å². The van der Waals surface area contributed by atoms with Gasteiger partial charge >= 0.3 is 0 Å². The quantitative estimate of drug-likeness (QED) is 0.834. The molecule has 2 aliphatic rings. The van der Waals surface area contributed by atoms with Gasteiger partial charge in [-0.25, -0.2) is 8.42 Å². The zero-order valence-corrected chi connectivity index (χ0v) is 15.8. The molecule has 0 saturated carbocycles. The number of anilines is 2. The molecule has 2 aromatic carbocycles. The summed E-state index contributed by atoms with van der Waals surface area (Å²) < 4.78 is 28.2. The van der Waals surface area contributed by atoms with Crippen LogP contribution in [0.25, 0.3) is 0 Å². The Morgan fingerprint density at radius 3 is 2.65 bits per heavy atom. The largest absolute Gasteiger partial charge is 0.312 e. The highest BCUT2D eigenvalue weighted by molar-refractivity contribution is 7.92. The smallest absolute Gasteiger partial charge is 0.264 e. The van der Waals surface area contributed by atoms with Crippen molar-refractivity contribution >= 4 is 27.3 Å². The summed E-state index contributed by atoms with van der Waals surface area (Å²) >= 11 is 0. The fourth-order valence-corrected chi connectivity index (χ4v) is 5.75. The highest BCUT2D eigenvalue weighted by atomic mass is 32.2. The normalized spacial score (nSPS) is 18.8. The van der Waals surface area contributed by atoms with E-state index in [0.29, 0.717) is 24.3 Å². The molecule has 0 radical (unpaired) electrons. The summed E-state index contributed by atoms with van der Waals surface area (Å²) in [5.41, 5.74) is 3.59. The van der Waals surface area contributed by atoms with Crippen molar-refractivity contribution < 1.29 is 13.2 Å². The number of sulfonamides is 1. The highest BCUT2D eigenvalue weighted by Gasteiger charge is 2.36. The zero-order chi connectivity index (χ0) is 18.5. The Morgan fingerprint density at radius 2 is 1.88 bits per heavy atom. The number of fused-ring (bicyclic) bond motifs is 2. The third kappa shape index (κ3) is 2.51. The Morgan fingerprint density at radius 1 is 1.12 bits per heavy atom. The van der Waals surface area contributed by atoms with Crippen LogP contribution in [-0.4, -0.2) is 26.9 Å². The highest BCUT2D eigenvalue weighted by Crippen LogP contribution is 2.38. The Kier molecular flexibility index (Phi) is 4.03. The van der Waals surface area contributed by atoms with E-state index in [-0.39, 0.29) is 11.9 Å². The molecule has 0 aromatic heterocycles. The van der Waals surface area contributed by atoms with Crippen molar-refractivity contribution in [2.24, 2.45) is 0 Å². The van der Waals surface area contributed by atoms with Crippen LogP contribution in [0.4, 0.5) is 11.4 Å². The van der Waals surface area contributed by atoms with Gasteiger partial charge in [0, 0.05) is 24.7 Å². The Hall–Kier alpha value is -2.34. The van der Waals surface area contributed by atoms with Crippen molar-refractivity contribution in [2.75, 3.05) is 15.7 Å². The first-order valence-electron chi connectivity index (χ1n) is 8.99. The molecule has 0 bridgehead atoms. The number of hydrogen-bond donors (Lipinski definition) is 0. The van der Waals surface area contributed by atoms with Gasteiger partial charge in [0.2, 0.25) is 5.91 Å². The SMILES string of the molecule is CCC(=O)N1CCc2cc(S(=O)(=O)N3c4ccccc4CC3C)ccc21. The van der Waals surface area contributed by atoms with Gasteiger partial charge < -0.3 is 4.90 Å². The molecule has 0 N–H and O–H groups in total. The van der Waals surface area contributed by atoms with Gasteiger partial charge in [-0.05, 0) is 55.2 Å². The van der Waals surface area contributed by atoms with Gasteiger partial charge in [0.1, 0.15) is 0 Å². The molecular weight excluding hydrogens is 348 g/mol. The van der Waals surface area contributed by atoms with E-state index in [4.69, 9.17) is 0 Å². The van der Waals surface area contributed by atoms with Gasteiger partial charge in [0.15, 0.2) is 0 Å². The summed E-state index contributed by atoms with van der Waals surface area (Å²) in [5.74, 6) is 0.0708. The van der Waals surface area contributed by atoms with Crippen LogP contribution in [-0.2, 0) is 27.7 Å². The van der Waals surface area contributed by atoms with Gasteiger partial charge in [-0.3, -0.25) is 9.10 Å². The fourth-order valence-electron chi connectivity index (χ4n) is 4.01. The van der Waals surface area contributed by atoms with Crippen LogP contribution in [0, 0.1) is 0 Å². The van der Waals surface area contributed by atoms with E-state index in [1.807, 2.05) is 38.1 Å². The van der Waals surface area contributed by atoms with E-state index in [2.05, 4.69) is 0 Å². The minimum atomic E-state index is -3.64. The van der Waals surface area contributed by atoms with Crippen molar-refractivity contribution in [1.29, 1.82) is 0 Å². The van der Waals surface area contributed by atoms with Gasteiger partial charge in [-0.15, -0.1) is 0 Å². The van der Waals surface area contributed by atoms with Crippen LogP contribution in [0.5, 0.6) is 0 Å². The molecule has 5 nitrogen and oxygen atoms in total. The standard InChI is InChI=1S/C20H22N2O3S/c1-3-20(23)21-11-10-16-13-17(8-9-18(16)21)26(24,25)22-14(2)12-15-6-4-5-7-19(15)22/h4-9,13-14H,3,10-12H2,1-2H3. The lowest BCUT2D eigenvalue weighted by atomic mass is 10.1. The third-order valence-corrected chi connectivity index (χ3v) is 7.18. The summed E-state index contributed by atoms with van der Waals surface area (Å²) in [6.07, 6.45) is 1.86. The van der Waals surface area contributed by atoms with Crippen LogP contribution in [0.15, 0.2) is 47.4 Å². The van der Waals surface area contributed by atoms with Crippen molar-refractivity contribution in [3.8, 4) is 0 Å². The Bertz CT molecular complexity index is 984. The molecule has 2 heterocycles. The number of nitrogens with zero attached hydrogens (tertiary/aromatic N) is 2. The van der Waals surface area contributed by atoms with Crippen LogP contribution < -0.4 is 9.21 Å². The number of hydrogen-bond acceptors (Lipinski definition) is 3. The minimum absolute atomic E-state index is 0.0708. The van der Waals surface area contributed by atoms with Crippen molar-refractivity contribution in [3.05, 3.63) is 53.6 Å². The third-order valence-electron chi connectivity index (χ3n) is 5.25. The van der Waals surface area contributed by atoms with E-state index in [9.17, 15) is 13.2 Å². The first-order valence-corrected chi connectivity index (χ1v) is 10.4. The summed E-state index contributed by atoms with van der Waals surface area (Å²) in [4.78, 5) is 14.1. The first kappa shape index (κ1) is 17.1. The predicted octanol–water partition coefficient (Wildman–Crippen LogP) is 3.13. The molecule has 2 aliphatic heterocycles. The maximum absolute atomic E-state index is 13.3. The second-order valence-electron chi connectivity index (χ2n) is 6.92. The monoisotopic (exact) mass is 370 g/mol. The maximum Gasteiger partial charge on any atom is 0.264 e. The van der Waals surface area contributed by atoms with Crippen LogP contribution >= 0.6 is 0 Å². The second-order valence-corrected chi connectivity index (χ2v) is 8.74. The number of carbonyl (C=O) groups is 1. The first-order chi connectivity index (χ1) is 12.4. The summed E-state index contributed by atoms with van der Waals surface area (Å²) in [5, 5.41) is 0. The lowest BCUT2D eigenvalue weighted by Gasteiger charge is -2.25. The lowest BCUT2D eigenvalue weighted by molar-refractivity contribution is -0.118. The minimum Gasteiger partial charge on any atom is -0.312 e. The van der Waals surface area contributed by atoms with Gasteiger partial charge in [0.05, 0.1) is 10.6 Å². The number of carbonyl (C=O) groups excluding carboxylic acids is 1. The van der Waals surface area contributed by atoms with E-state index >= 15 is 0 Å². The molecule has 0 fully saturated rings. The van der Waals surface area contributed by atoms with E-state index < -0.39 is 10.0 Å². The maximum atomic E-state index is 13.3. The summed E-state index contributed by atoms with van der Waals surface area (Å²) in [7, 11) is -3.64. The molecule has 0 saturated heterocycles. The molecule has 1 unspecified atom stereocenters. The molecule has 1 amide bonds. The second kappa shape index (κ2) is 6.13. The molecular formula is C20H22N2O3S. The number of benzene rings is 2. The van der Waals surface area contributed by atoms with Crippen molar-refractivity contribution in [1.82, 2.24) is 0 Å². The molecule has 4 rings (SSSR count). The van der Waals surface area contributed by atoms with Crippen LogP contribution in [0.2, 0.25) is 0 Å². The average Bonchev–Trinajstić information content (AvgIpc) is 3.20. The average molecular weight is 370 g/mol. The van der Waals surface area contributed by atoms with Gasteiger partial charge in [-0.1, -0.05) is 25.1 Å². The Balaban J connectivity index is 1.73. The topological polar surface area (TPSA) is 57.7 Å². The lowest BCUT2D eigenvalue weighted by Crippen LogP contribution is -2.35. The molecule has 26 heavy (non-hydrogen) atoms. The zero-order valence-electron chi connectivity index (χ0n) is 15.0. The number of rotatable bonds is 3. The van der Waals surface area contributed by atoms with Crippen molar-refractivity contribution in [2.45, 2.75) is 44.0 Å².